The Balaban J connectivity index is 3.94. The van der Waals surface area contributed by atoms with E-state index in [9.17, 15) is 19.0 Å². The highest BCUT2D eigenvalue weighted by atomic mass is 31.2. The number of rotatable bonds is 25. The molecule has 0 aliphatic rings. The van der Waals surface area contributed by atoms with Crippen molar-refractivity contribution in [2.75, 3.05) is 48.0 Å². The van der Waals surface area contributed by atoms with Gasteiger partial charge in [0.15, 0.2) is 6.04 Å². The predicted octanol–water partition coefficient (Wildman–Crippen LogP) is 5.11. The van der Waals surface area contributed by atoms with E-state index in [-0.39, 0.29) is 18.9 Å². The first-order chi connectivity index (χ1) is 17.5. The molecule has 0 aliphatic heterocycles. The molecular formula is C27H55N2O7P. The van der Waals surface area contributed by atoms with Crippen molar-refractivity contribution >= 4 is 19.7 Å². The molecule has 2 atom stereocenters. The van der Waals surface area contributed by atoms with E-state index >= 15 is 0 Å². The second-order valence-electron chi connectivity index (χ2n) is 10.9. The van der Waals surface area contributed by atoms with E-state index in [2.05, 4.69) is 17.0 Å². The Morgan fingerprint density at radius 1 is 0.811 bits per heavy atom. The number of methoxy groups -OCH3 is 1. The summed E-state index contributed by atoms with van der Waals surface area (Å²) in [5.74, 6) is -1.10. The van der Waals surface area contributed by atoms with E-state index in [0.717, 1.165) is 12.8 Å². The summed E-state index contributed by atoms with van der Waals surface area (Å²) in [6.45, 7) is 2.11. The van der Waals surface area contributed by atoms with Crippen LogP contribution in [-0.2, 0) is 27.9 Å². The smallest absolute Gasteiger partial charge is 0.330 e. The summed E-state index contributed by atoms with van der Waals surface area (Å²) >= 11 is 0. The molecule has 9 nitrogen and oxygen atoms in total. The number of carbonyl (C=O) groups is 2. The van der Waals surface area contributed by atoms with Gasteiger partial charge in [0.1, 0.15) is 13.2 Å². The predicted molar refractivity (Wildman–Crippen MR) is 146 cm³/mol. The molecule has 10 heteroatoms. The quantitative estimate of drug-likeness (QED) is 0.0727. The van der Waals surface area contributed by atoms with Crippen LogP contribution >= 0.6 is 7.82 Å². The van der Waals surface area contributed by atoms with Gasteiger partial charge >= 0.3 is 5.97 Å². The summed E-state index contributed by atoms with van der Waals surface area (Å²) in [5, 5.41) is 2.51. The van der Waals surface area contributed by atoms with Gasteiger partial charge in [-0.05, 0) is 6.42 Å². The maximum atomic E-state index is 12.3. The van der Waals surface area contributed by atoms with Gasteiger partial charge in [-0.15, -0.1) is 0 Å². The fourth-order valence-corrected chi connectivity index (χ4v) is 4.58. The SMILES string of the molecule is CCCCCCCCCCCCCCCCCC(=O)N[C@H](COP(=O)([O-])OCC[N+](C)(C)C)C(=O)OC. The number of carbonyl (C=O) groups excluding carboxylic acids is 2. The zero-order chi connectivity index (χ0) is 28.0. The second-order valence-corrected chi connectivity index (χ2v) is 12.3. The fourth-order valence-electron chi connectivity index (χ4n) is 3.86. The zero-order valence-electron chi connectivity index (χ0n) is 24.3. The Labute approximate surface area is 226 Å². The van der Waals surface area contributed by atoms with Gasteiger partial charge in [-0.1, -0.05) is 96.8 Å². The first kappa shape index (κ1) is 36.0. The number of phosphoric ester groups is 1. The number of unbranched alkanes of at least 4 members (excludes halogenated alkanes) is 14. The molecule has 0 heterocycles. The van der Waals surface area contributed by atoms with Gasteiger partial charge in [-0.25, -0.2) is 4.79 Å². The highest BCUT2D eigenvalue weighted by molar-refractivity contribution is 7.45. The van der Waals surface area contributed by atoms with Crippen molar-refractivity contribution in [1.29, 1.82) is 0 Å². The van der Waals surface area contributed by atoms with E-state index in [1.165, 1.54) is 84.2 Å². The Morgan fingerprint density at radius 3 is 1.70 bits per heavy atom. The van der Waals surface area contributed by atoms with E-state index in [1.807, 2.05) is 21.1 Å². The summed E-state index contributed by atoms with van der Waals surface area (Å²) in [5.41, 5.74) is 0. The molecule has 1 unspecified atom stereocenters. The summed E-state index contributed by atoms with van der Waals surface area (Å²) in [7, 11) is 2.29. The zero-order valence-corrected chi connectivity index (χ0v) is 25.2. The van der Waals surface area contributed by atoms with Crippen molar-refractivity contribution in [3.63, 3.8) is 0 Å². The molecule has 220 valence electrons. The molecule has 0 aromatic carbocycles. The summed E-state index contributed by atoms with van der Waals surface area (Å²) in [6, 6.07) is -1.21. The van der Waals surface area contributed by atoms with Crippen molar-refractivity contribution in [2.24, 2.45) is 0 Å². The molecule has 0 saturated carbocycles. The first-order valence-electron chi connectivity index (χ1n) is 14.3. The van der Waals surface area contributed by atoms with E-state index in [4.69, 9.17) is 9.05 Å². The number of hydrogen-bond acceptors (Lipinski definition) is 7. The number of phosphoric acid groups is 1. The number of ether oxygens (including phenoxy) is 1. The van der Waals surface area contributed by atoms with Crippen LogP contribution in [0, 0.1) is 0 Å². The van der Waals surface area contributed by atoms with Gasteiger partial charge in [0.25, 0.3) is 7.82 Å². The molecule has 37 heavy (non-hydrogen) atoms. The van der Waals surface area contributed by atoms with Crippen LogP contribution in [-0.4, -0.2) is 70.4 Å². The molecule has 1 amide bonds. The maximum absolute atomic E-state index is 12.3. The van der Waals surface area contributed by atoms with Gasteiger partial charge in [0.2, 0.25) is 5.91 Å². The van der Waals surface area contributed by atoms with Gasteiger partial charge < -0.3 is 28.5 Å². The lowest BCUT2D eigenvalue weighted by Gasteiger charge is -2.28. The van der Waals surface area contributed by atoms with Crippen molar-refractivity contribution in [3.05, 3.63) is 0 Å². The number of amides is 1. The molecule has 0 saturated heterocycles. The third kappa shape index (κ3) is 23.8. The molecule has 0 aromatic rings. The summed E-state index contributed by atoms with van der Waals surface area (Å²) in [6.07, 6.45) is 18.9. The topological polar surface area (TPSA) is 114 Å². The Bertz CT molecular complexity index is 641. The minimum absolute atomic E-state index is 0.0429. The molecular weight excluding hydrogens is 495 g/mol. The van der Waals surface area contributed by atoms with Crippen molar-refractivity contribution in [1.82, 2.24) is 5.32 Å². The van der Waals surface area contributed by atoms with Crippen LogP contribution in [0.3, 0.4) is 0 Å². The molecule has 0 radical (unpaired) electrons. The van der Waals surface area contributed by atoms with Crippen LogP contribution in [0.25, 0.3) is 0 Å². The molecule has 0 bridgehead atoms. The highest BCUT2D eigenvalue weighted by Gasteiger charge is 2.24. The minimum atomic E-state index is -4.60. The summed E-state index contributed by atoms with van der Waals surface area (Å²) < 4.78 is 26.8. The van der Waals surface area contributed by atoms with Crippen LogP contribution in [0.2, 0.25) is 0 Å². The number of esters is 1. The number of likely N-dealkylation sites (N-methyl/N-ethyl adjacent to an activating group) is 1. The van der Waals surface area contributed by atoms with Crippen molar-refractivity contribution in [2.45, 2.75) is 116 Å². The first-order valence-corrected chi connectivity index (χ1v) is 15.7. The van der Waals surface area contributed by atoms with Gasteiger partial charge in [-0.2, -0.15) is 0 Å². The van der Waals surface area contributed by atoms with Crippen molar-refractivity contribution < 1.29 is 37.3 Å². The third-order valence-corrected chi connectivity index (χ3v) is 7.20. The molecule has 0 aromatic heterocycles. The maximum Gasteiger partial charge on any atom is 0.330 e. The minimum Gasteiger partial charge on any atom is -0.756 e. The lowest BCUT2D eigenvalue weighted by molar-refractivity contribution is -0.870. The monoisotopic (exact) mass is 550 g/mol. The van der Waals surface area contributed by atoms with Crippen LogP contribution < -0.4 is 10.2 Å². The molecule has 1 N–H and O–H groups in total. The van der Waals surface area contributed by atoms with E-state index in [0.29, 0.717) is 17.4 Å². The van der Waals surface area contributed by atoms with Gasteiger partial charge in [0.05, 0.1) is 34.9 Å². The normalized spacial score (nSPS) is 14.2. The van der Waals surface area contributed by atoms with E-state index < -0.39 is 26.4 Å². The Kier molecular flexibility index (Phi) is 21.3. The number of nitrogens with one attached hydrogen (secondary N) is 1. The van der Waals surface area contributed by atoms with Crippen LogP contribution in [0.1, 0.15) is 110 Å². The summed E-state index contributed by atoms with van der Waals surface area (Å²) in [4.78, 5) is 36.2. The van der Waals surface area contributed by atoms with Gasteiger partial charge in [-0.3, -0.25) is 9.36 Å². The fraction of sp³-hybridized carbons (Fsp3) is 0.926. The lowest BCUT2D eigenvalue weighted by Crippen LogP contribution is -2.44. The largest absolute Gasteiger partial charge is 0.756 e. The van der Waals surface area contributed by atoms with Gasteiger partial charge in [0, 0.05) is 6.42 Å². The second kappa shape index (κ2) is 21.9. The third-order valence-electron chi connectivity index (χ3n) is 6.24. The van der Waals surface area contributed by atoms with Crippen LogP contribution in [0.15, 0.2) is 0 Å². The van der Waals surface area contributed by atoms with E-state index in [1.54, 1.807) is 0 Å². The number of nitrogens with zero attached hydrogens (tertiary/aromatic N) is 1. The Hall–Kier alpha value is -0.990. The standard InChI is InChI=1S/C27H55N2O7P/c1-6-7-8-9-10-11-12-13-14-15-16-17-18-19-20-21-26(30)28-25(27(31)34-5)24-36-37(32,33)35-23-22-29(2,3)4/h25H,6-24H2,1-5H3,(H-,28,30,32,33)/t25-/m1/s1. The van der Waals surface area contributed by atoms with Crippen LogP contribution in [0.4, 0.5) is 0 Å². The molecule has 0 fully saturated rings. The van der Waals surface area contributed by atoms with Crippen LogP contribution in [0.5, 0.6) is 0 Å². The molecule has 0 spiro atoms. The van der Waals surface area contributed by atoms with Crippen molar-refractivity contribution in [3.8, 4) is 0 Å². The lowest BCUT2D eigenvalue weighted by atomic mass is 10.0. The molecule has 0 rings (SSSR count). The average Bonchev–Trinajstić information content (AvgIpc) is 2.82. The Morgan fingerprint density at radius 2 is 1.27 bits per heavy atom. The number of quaternary nitrogens is 1. The highest BCUT2D eigenvalue weighted by Crippen LogP contribution is 2.38. The number of hydrogen-bond donors (Lipinski definition) is 1. The molecule has 0 aliphatic carbocycles. The average molecular weight is 551 g/mol.